The molecule has 3 aromatic rings. The maximum Gasteiger partial charge on any atom is 0.160 e. The molecule has 20 heavy (non-hydrogen) atoms. The van der Waals surface area contributed by atoms with Gasteiger partial charge in [0.05, 0.1) is 0 Å². The van der Waals surface area contributed by atoms with Gasteiger partial charge in [-0.1, -0.05) is 42.1 Å². The van der Waals surface area contributed by atoms with Gasteiger partial charge in [0.1, 0.15) is 11.4 Å². The summed E-state index contributed by atoms with van der Waals surface area (Å²) in [4.78, 5) is 4.00. The summed E-state index contributed by atoms with van der Waals surface area (Å²) in [7, 11) is 0. The molecule has 1 aromatic carbocycles. The van der Waals surface area contributed by atoms with Crippen molar-refractivity contribution in [2.24, 2.45) is 0 Å². The molecular formula is C15H14N4S. The minimum atomic E-state index is 0.351. The molecule has 5 heteroatoms. The molecule has 1 atom stereocenters. The number of nitrogens with zero attached hydrogens (tertiary/aromatic N) is 4. The van der Waals surface area contributed by atoms with Gasteiger partial charge >= 0.3 is 0 Å². The van der Waals surface area contributed by atoms with E-state index in [0.29, 0.717) is 5.25 Å². The molecule has 1 unspecified atom stereocenters. The number of aromatic nitrogens is 4. The predicted octanol–water partition coefficient (Wildman–Crippen LogP) is 3.52. The van der Waals surface area contributed by atoms with E-state index in [9.17, 15) is 0 Å². The van der Waals surface area contributed by atoms with E-state index in [1.807, 2.05) is 29.0 Å². The molecule has 0 aliphatic carbocycles. The van der Waals surface area contributed by atoms with Crippen molar-refractivity contribution in [3.63, 3.8) is 0 Å². The van der Waals surface area contributed by atoms with Gasteiger partial charge in [0.2, 0.25) is 0 Å². The second-order valence-electron chi connectivity index (χ2n) is 4.37. The summed E-state index contributed by atoms with van der Waals surface area (Å²) in [5.41, 5.74) is 1.29. The maximum absolute atomic E-state index is 4.26. The highest BCUT2D eigenvalue weighted by Crippen LogP contribution is 2.33. The van der Waals surface area contributed by atoms with E-state index in [1.165, 1.54) is 5.56 Å². The first-order chi connectivity index (χ1) is 9.83. The van der Waals surface area contributed by atoms with E-state index in [2.05, 4.69) is 46.4 Å². The Labute approximate surface area is 121 Å². The fourth-order valence-electron chi connectivity index (χ4n) is 1.88. The summed E-state index contributed by atoms with van der Waals surface area (Å²) in [5, 5.41) is 9.76. The monoisotopic (exact) mass is 282 g/mol. The zero-order valence-corrected chi connectivity index (χ0v) is 11.9. The summed E-state index contributed by atoms with van der Waals surface area (Å²) >= 11 is 1.70. The van der Waals surface area contributed by atoms with Crippen LogP contribution in [0.2, 0.25) is 0 Å². The Hall–Kier alpha value is -2.14. The zero-order chi connectivity index (χ0) is 13.8. The molecule has 2 aromatic heterocycles. The Morgan fingerprint density at radius 1 is 1.05 bits per heavy atom. The predicted molar refractivity (Wildman–Crippen MR) is 79.9 cm³/mol. The fraction of sp³-hybridized carbons (Fsp3) is 0.133. The van der Waals surface area contributed by atoms with E-state index < -0.39 is 0 Å². The molecule has 0 saturated carbocycles. The summed E-state index contributed by atoms with van der Waals surface area (Å²) in [6.07, 6.45) is 5.29. The summed E-state index contributed by atoms with van der Waals surface area (Å²) < 4.78 is 1.84. The summed E-state index contributed by atoms with van der Waals surface area (Å²) in [5.74, 6) is 0.777. The normalized spacial score (nSPS) is 12.2. The largest absolute Gasteiger partial charge is 0.289 e. The summed E-state index contributed by atoms with van der Waals surface area (Å²) in [6.45, 7) is 2.17. The number of benzene rings is 1. The number of imidazole rings is 1. The van der Waals surface area contributed by atoms with Gasteiger partial charge in [-0.05, 0) is 24.6 Å². The number of thioether (sulfide) groups is 1. The van der Waals surface area contributed by atoms with Crippen LogP contribution in [0.4, 0.5) is 0 Å². The molecule has 100 valence electrons. The van der Waals surface area contributed by atoms with Gasteiger partial charge in [0.25, 0.3) is 0 Å². The Morgan fingerprint density at radius 2 is 1.90 bits per heavy atom. The Bertz CT molecular complexity index is 650. The van der Waals surface area contributed by atoms with Crippen molar-refractivity contribution >= 4 is 11.8 Å². The van der Waals surface area contributed by atoms with Crippen LogP contribution in [0.5, 0.6) is 0 Å². The van der Waals surface area contributed by atoms with Gasteiger partial charge in [0.15, 0.2) is 5.82 Å². The van der Waals surface area contributed by atoms with Crippen LogP contribution in [0.3, 0.4) is 0 Å². The highest BCUT2D eigenvalue weighted by Gasteiger charge is 2.08. The van der Waals surface area contributed by atoms with Gasteiger partial charge < -0.3 is 0 Å². The smallest absolute Gasteiger partial charge is 0.160 e. The Kier molecular flexibility index (Phi) is 3.78. The first kappa shape index (κ1) is 12.9. The van der Waals surface area contributed by atoms with E-state index in [-0.39, 0.29) is 0 Å². The van der Waals surface area contributed by atoms with Crippen molar-refractivity contribution < 1.29 is 0 Å². The second kappa shape index (κ2) is 5.88. The molecule has 0 bridgehead atoms. The molecule has 0 saturated heterocycles. The molecule has 2 heterocycles. The number of hydrogen-bond donors (Lipinski definition) is 0. The van der Waals surface area contributed by atoms with Crippen molar-refractivity contribution in [2.45, 2.75) is 17.2 Å². The van der Waals surface area contributed by atoms with Crippen molar-refractivity contribution in [3.8, 4) is 5.82 Å². The standard InChI is InChI=1S/C15H14N4S/c1-12(13-5-3-2-4-6-13)20-15-8-7-14(17-18-15)19-10-9-16-11-19/h2-12H,1H3. The number of rotatable bonds is 4. The fourth-order valence-corrected chi connectivity index (χ4v) is 2.77. The third-order valence-electron chi connectivity index (χ3n) is 2.96. The van der Waals surface area contributed by atoms with Crippen molar-refractivity contribution in [3.05, 3.63) is 66.7 Å². The Morgan fingerprint density at radius 3 is 2.55 bits per heavy atom. The highest BCUT2D eigenvalue weighted by molar-refractivity contribution is 7.99. The molecule has 0 spiro atoms. The van der Waals surface area contributed by atoms with Crippen LogP contribution in [0.25, 0.3) is 5.82 Å². The van der Waals surface area contributed by atoms with Crippen molar-refractivity contribution in [2.75, 3.05) is 0 Å². The molecule has 0 N–H and O–H groups in total. The lowest BCUT2D eigenvalue weighted by atomic mass is 10.2. The molecule has 0 radical (unpaired) electrons. The van der Waals surface area contributed by atoms with Gasteiger partial charge in [-0.3, -0.25) is 4.57 Å². The summed E-state index contributed by atoms with van der Waals surface area (Å²) in [6, 6.07) is 14.3. The van der Waals surface area contributed by atoms with Crippen LogP contribution in [-0.2, 0) is 0 Å². The molecule has 0 fully saturated rings. The van der Waals surface area contributed by atoms with Gasteiger partial charge in [0, 0.05) is 17.6 Å². The van der Waals surface area contributed by atoms with Crippen molar-refractivity contribution in [1.82, 2.24) is 19.7 Å². The number of hydrogen-bond acceptors (Lipinski definition) is 4. The first-order valence-electron chi connectivity index (χ1n) is 6.36. The van der Waals surface area contributed by atoms with Crippen LogP contribution < -0.4 is 0 Å². The van der Waals surface area contributed by atoms with Crippen LogP contribution in [0, 0.1) is 0 Å². The van der Waals surface area contributed by atoms with E-state index in [1.54, 1.807) is 24.3 Å². The molecule has 3 rings (SSSR count). The zero-order valence-electron chi connectivity index (χ0n) is 11.0. The quantitative estimate of drug-likeness (QED) is 0.687. The third-order valence-corrected chi connectivity index (χ3v) is 4.05. The van der Waals surface area contributed by atoms with Gasteiger partial charge in [-0.15, -0.1) is 10.2 Å². The van der Waals surface area contributed by atoms with Crippen molar-refractivity contribution in [1.29, 1.82) is 0 Å². The molecule has 0 aliphatic rings. The van der Waals surface area contributed by atoms with E-state index >= 15 is 0 Å². The van der Waals surface area contributed by atoms with E-state index in [0.717, 1.165) is 10.8 Å². The van der Waals surface area contributed by atoms with Crippen LogP contribution in [0.1, 0.15) is 17.7 Å². The molecule has 4 nitrogen and oxygen atoms in total. The lowest BCUT2D eigenvalue weighted by molar-refractivity contribution is 0.858. The van der Waals surface area contributed by atoms with Gasteiger partial charge in [-0.2, -0.15) is 0 Å². The Balaban J connectivity index is 1.72. The minimum Gasteiger partial charge on any atom is -0.289 e. The maximum atomic E-state index is 4.26. The average Bonchev–Trinajstić information content (AvgIpc) is 3.03. The van der Waals surface area contributed by atoms with Crippen LogP contribution in [-0.4, -0.2) is 19.7 Å². The lowest BCUT2D eigenvalue weighted by Crippen LogP contribution is -1.97. The minimum absolute atomic E-state index is 0.351. The highest BCUT2D eigenvalue weighted by atomic mass is 32.2. The van der Waals surface area contributed by atoms with Crippen LogP contribution >= 0.6 is 11.8 Å². The molecule has 0 aliphatic heterocycles. The lowest BCUT2D eigenvalue weighted by Gasteiger charge is -2.10. The average molecular weight is 282 g/mol. The first-order valence-corrected chi connectivity index (χ1v) is 7.24. The molecule has 0 amide bonds. The van der Waals surface area contributed by atoms with Gasteiger partial charge in [-0.25, -0.2) is 4.98 Å². The van der Waals surface area contributed by atoms with Crippen LogP contribution in [0.15, 0.2) is 66.2 Å². The van der Waals surface area contributed by atoms with E-state index in [4.69, 9.17) is 0 Å². The molecular weight excluding hydrogens is 268 g/mol. The second-order valence-corrected chi connectivity index (χ2v) is 5.73. The SMILES string of the molecule is CC(Sc1ccc(-n2ccnc2)nn1)c1ccccc1. The third kappa shape index (κ3) is 2.88. The topological polar surface area (TPSA) is 43.6 Å².